The fraction of sp³-hybridized carbons (Fsp3) is 0.0625. The number of hydrogen-bond acceptors (Lipinski definition) is 5. The number of benzene rings is 2. The lowest BCUT2D eigenvalue weighted by Gasteiger charge is -2.02. The maximum atomic E-state index is 12.0. The van der Waals surface area contributed by atoms with Crippen LogP contribution in [0.15, 0.2) is 54.7 Å². The van der Waals surface area contributed by atoms with Gasteiger partial charge in [0.15, 0.2) is 5.78 Å². The molecule has 0 aliphatic carbocycles. The molecule has 2 aromatic carbocycles. The van der Waals surface area contributed by atoms with Gasteiger partial charge in [-0.2, -0.15) is 0 Å². The minimum Gasteiger partial charge on any atom is -0.497 e. The van der Waals surface area contributed by atoms with Crippen molar-refractivity contribution in [2.45, 2.75) is 0 Å². The zero-order valence-electron chi connectivity index (χ0n) is 12.2. The van der Waals surface area contributed by atoms with Gasteiger partial charge in [0.1, 0.15) is 10.8 Å². The molecule has 0 radical (unpaired) electrons. The third-order valence-corrected chi connectivity index (χ3v) is 3.32. The van der Waals surface area contributed by atoms with Crippen LogP contribution >= 0.6 is 11.6 Å². The number of ether oxygens (including phenoxy) is 1. The second kappa shape index (κ2) is 7.42. The molecule has 2 rings (SSSR count). The summed E-state index contributed by atoms with van der Waals surface area (Å²) in [5.41, 5.74) is 0.761. The van der Waals surface area contributed by atoms with Crippen LogP contribution in [-0.2, 0) is 0 Å². The quantitative estimate of drug-likeness (QED) is 0.373. The Morgan fingerprint density at radius 2 is 1.96 bits per heavy atom. The fourth-order valence-corrected chi connectivity index (χ4v) is 1.99. The standard InChI is InChI=1S/C16H13ClN2O4/c1-23-13-5-2-11(3-6-13)16(20)8-9-18-12-4-7-14(17)15(10-12)19(21)22/h2-10,18H,1H3. The minimum absolute atomic E-state index is 0.0545. The van der Waals surface area contributed by atoms with Gasteiger partial charge in [-0.3, -0.25) is 14.9 Å². The number of carbonyl (C=O) groups excluding carboxylic acids is 1. The number of allylic oxidation sites excluding steroid dienone is 1. The highest BCUT2D eigenvalue weighted by molar-refractivity contribution is 6.32. The summed E-state index contributed by atoms with van der Waals surface area (Å²) in [6, 6.07) is 11.0. The summed E-state index contributed by atoms with van der Waals surface area (Å²) >= 11 is 5.73. The average Bonchev–Trinajstić information content (AvgIpc) is 2.56. The largest absolute Gasteiger partial charge is 0.497 e. The molecule has 0 aromatic heterocycles. The Bertz CT molecular complexity index is 757. The number of methoxy groups -OCH3 is 1. The first kappa shape index (κ1) is 16.5. The van der Waals surface area contributed by atoms with Crippen molar-refractivity contribution in [3.05, 3.63) is 75.4 Å². The first-order chi connectivity index (χ1) is 11.0. The van der Waals surface area contributed by atoms with E-state index in [0.29, 0.717) is 17.0 Å². The van der Waals surface area contributed by atoms with Crippen LogP contribution in [0.3, 0.4) is 0 Å². The van der Waals surface area contributed by atoms with Gasteiger partial charge in [0.2, 0.25) is 0 Å². The lowest BCUT2D eigenvalue weighted by atomic mass is 10.1. The van der Waals surface area contributed by atoms with Crippen molar-refractivity contribution in [2.24, 2.45) is 0 Å². The SMILES string of the molecule is COc1ccc(C(=O)C=CNc2ccc(Cl)c([N+](=O)[O-])c2)cc1. The number of hydrogen-bond donors (Lipinski definition) is 1. The van der Waals surface area contributed by atoms with E-state index >= 15 is 0 Å². The van der Waals surface area contributed by atoms with Crippen LogP contribution in [0.5, 0.6) is 5.75 Å². The number of nitro benzene ring substituents is 1. The topological polar surface area (TPSA) is 81.5 Å². The van der Waals surface area contributed by atoms with Crippen molar-refractivity contribution < 1.29 is 14.5 Å². The van der Waals surface area contributed by atoms with Gasteiger partial charge in [0.05, 0.1) is 12.0 Å². The van der Waals surface area contributed by atoms with Crippen molar-refractivity contribution in [1.29, 1.82) is 0 Å². The number of nitrogens with zero attached hydrogens (tertiary/aromatic N) is 1. The molecular formula is C16H13ClN2O4. The molecule has 0 heterocycles. The van der Waals surface area contributed by atoms with Gasteiger partial charge in [-0.1, -0.05) is 11.6 Å². The molecule has 0 aliphatic rings. The van der Waals surface area contributed by atoms with Gasteiger partial charge in [0.25, 0.3) is 5.69 Å². The molecule has 0 fully saturated rings. The molecule has 0 aliphatic heterocycles. The first-order valence-electron chi connectivity index (χ1n) is 6.56. The molecule has 0 amide bonds. The zero-order valence-corrected chi connectivity index (χ0v) is 12.9. The lowest BCUT2D eigenvalue weighted by molar-refractivity contribution is -0.384. The van der Waals surface area contributed by atoms with Crippen molar-refractivity contribution >= 4 is 28.8 Å². The highest BCUT2D eigenvalue weighted by atomic mass is 35.5. The second-order valence-electron chi connectivity index (χ2n) is 4.49. The van der Waals surface area contributed by atoms with E-state index in [4.69, 9.17) is 16.3 Å². The normalized spacial score (nSPS) is 10.5. The fourth-order valence-electron chi connectivity index (χ4n) is 1.81. The van der Waals surface area contributed by atoms with E-state index in [1.807, 2.05) is 0 Å². The number of anilines is 1. The Kier molecular flexibility index (Phi) is 5.32. The van der Waals surface area contributed by atoms with Gasteiger partial charge in [-0.05, 0) is 36.4 Å². The van der Waals surface area contributed by atoms with E-state index < -0.39 is 4.92 Å². The number of nitrogens with one attached hydrogen (secondary N) is 1. The van der Waals surface area contributed by atoms with Crippen molar-refractivity contribution in [3.63, 3.8) is 0 Å². The van der Waals surface area contributed by atoms with Crippen molar-refractivity contribution in [3.8, 4) is 5.75 Å². The molecule has 2 aromatic rings. The second-order valence-corrected chi connectivity index (χ2v) is 4.90. The molecule has 23 heavy (non-hydrogen) atoms. The molecule has 118 valence electrons. The monoisotopic (exact) mass is 332 g/mol. The smallest absolute Gasteiger partial charge is 0.289 e. The third-order valence-electron chi connectivity index (χ3n) is 3.00. The summed E-state index contributed by atoms with van der Waals surface area (Å²) in [5, 5.41) is 13.7. The van der Waals surface area contributed by atoms with Gasteiger partial charge in [0, 0.05) is 29.6 Å². The molecule has 7 heteroatoms. The minimum atomic E-state index is -0.570. The highest BCUT2D eigenvalue weighted by Gasteiger charge is 2.12. The Balaban J connectivity index is 2.04. The molecular weight excluding hydrogens is 320 g/mol. The average molecular weight is 333 g/mol. The summed E-state index contributed by atoms with van der Waals surface area (Å²) in [4.78, 5) is 22.2. The number of ketones is 1. The van der Waals surface area contributed by atoms with Crippen LogP contribution in [0.25, 0.3) is 0 Å². The van der Waals surface area contributed by atoms with E-state index in [2.05, 4.69) is 5.32 Å². The molecule has 0 saturated carbocycles. The van der Waals surface area contributed by atoms with Gasteiger partial charge in [-0.25, -0.2) is 0 Å². The van der Waals surface area contributed by atoms with Gasteiger partial charge < -0.3 is 10.1 Å². The maximum absolute atomic E-state index is 12.0. The molecule has 0 saturated heterocycles. The lowest BCUT2D eigenvalue weighted by Crippen LogP contribution is -1.97. The summed E-state index contributed by atoms with van der Waals surface area (Å²) < 4.78 is 5.02. The van der Waals surface area contributed by atoms with E-state index in [1.54, 1.807) is 37.4 Å². The summed E-state index contributed by atoms with van der Waals surface area (Å²) in [7, 11) is 1.55. The number of carbonyl (C=O) groups is 1. The van der Waals surface area contributed by atoms with Crippen LogP contribution in [-0.4, -0.2) is 17.8 Å². The predicted octanol–water partition coefficient (Wildman–Crippen LogP) is 4.07. The molecule has 0 atom stereocenters. The highest BCUT2D eigenvalue weighted by Crippen LogP contribution is 2.27. The molecule has 0 spiro atoms. The Hall–Kier alpha value is -2.86. The summed E-state index contributed by atoms with van der Waals surface area (Å²) in [6.45, 7) is 0. The van der Waals surface area contributed by atoms with Crippen LogP contribution in [0.4, 0.5) is 11.4 Å². The predicted molar refractivity (Wildman–Crippen MR) is 88.2 cm³/mol. The van der Waals surface area contributed by atoms with Crippen molar-refractivity contribution in [2.75, 3.05) is 12.4 Å². The van der Waals surface area contributed by atoms with Crippen LogP contribution in [0, 0.1) is 10.1 Å². The first-order valence-corrected chi connectivity index (χ1v) is 6.94. The Labute approximate surface area is 137 Å². The van der Waals surface area contributed by atoms with E-state index in [9.17, 15) is 14.9 Å². The summed E-state index contributed by atoms with van der Waals surface area (Å²) in [5.74, 6) is 0.459. The van der Waals surface area contributed by atoms with Crippen LogP contribution < -0.4 is 10.1 Å². The Morgan fingerprint density at radius 3 is 2.57 bits per heavy atom. The van der Waals surface area contributed by atoms with E-state index in [0.717, 1.165) is 0 Å². The molecule has 1 N–H and O–H groups in total. The molecule has 0 bridgehead atoms. The van der Waals surface area contributed by atoms with Crippen LogP contribution in [0.2, 0.25) is 5.02 Å². The number of nitro groups is 1. The van der Waals surface area contributed by atoms with Gasteiger partial charge in [-0.15, -0.1) is 0 Å². The van der Waals surface area contributed by atoms with E-state index in [-0.39, 0.29) is 16.5 Å². The Morgan fingerprint density at radius 1 is 1.26 bits per heavy atom. The molecule has 0 unspecified atom stereocenters. The molecule has 6 nitrogen and oxygen atoms in total. The maximum Gasteiger partial charge on any atom is 0.289 e. The van der Waals surface area contributed by atoms with Crippen LogP contribution in [0.1, 0.15) is 10.4 Å². The number of halogens is 1. The number of rotatable bonds is 6. The zero-order chi connectivity index (χ0) is 16.8. The van der Waals surface area contributed by atoms with E-state index in [1.165, 1.54) is 24.4 Å². The van der Waals surface area contributed by atoms with Crippen molar-refractivity contribution in [1.82, 2.24) is 0 Å². The van der Waals surface area contributed by atoms with Gasteiger partial charge >= 0.3 is 0 Å². The summed E-state index contributed by atoms with van der Waals surface area (Å²) in [6.07, 6.45) is 2.75. The third kappa shape index (κ3) is 4.31.